The molecule has 0 unspecified atom stereocenters. The number of aromatic nitrogens is 2. The molecule has 1 amide bonds. The van der Waals surface area contributed by atoms with Crippen molar-refractivity contribution >= 4 is 28.7 Å². The lowest BCUT2D eigenvalue weighted by atomic mass is 10.1. The first-order valence-electron chi connectivity index (χ1n) is 7.23. The van der Waals surface area contributed by atoms with E-state index in [1.807, 2.05) is 0 Å². The molecule has 0 spiro atoms. The van der Waals surface area contributed by atoms with E-state index in [2.05, 4.69) is 9.97 Å². The molecule has 128 valence electrons. The zero-order valence-corrected chi connectivity index (χ0v) is 13.5. The second kappa shape index (κ2) is 6.52. The Labute approximate surface area is 142 Å². The summed E-state index contributed by atoms with van der Waals surface area (Å²) in [6, 6.07) is 6.28. The third-order valence-electron chi connectivity index (χ3n) is 3.71. The maximum absolute atomic E-state index is 11.6. The highest BCUT2D eigenvalue weighted by Crippen LogP contribution is 2.48. The van der Waals surface area contributed by atoms with Gasteiger partial charge in [-0.3, -0.25) is 14.7 Å². The molecule has 25 heavy (non-hydrogen) atoms. The number of ether oxygens (including phenoxy) is 2. The molecular formula is C17H15N3O5. The molecule has 2 N–H and O–H groups in total. The van der Waals surface area contributed by atoms with Gasteiger partial charge in [0.25, 0.3) is 0 Å². The summed E-state index contributed by atoms with van der Waals surface area (Å²) in [4.78, 5) is 20.6. The van der Waals surface area contributed by atoms with Gasteiger partial charge in [-0.25, -0.2) is 4.98 Å². The second-order valence-electron chi connectivity index (χ2n) is 5.01. The summed E-state index contributed by atoms with van der Waals surface area (Å²) < 4.78 is 10.5. The molecule has 0 saturated heterocycles. The number of aromatic hydroxyl groups is 2. The molecule has 8 heteroatoms. The third kappa shape index (κ3) is 2.63. The van der Waals surface area contributed by atoms with Crippen LogP contribution in [0.25, 0.3) is 10.9 Å². The molecule has 0 aliphatic carbocycles. The fourth-order valence-corrected chi connectivity index (χ4v) is 2.60. The zero-order chi connectivity index (χ0) is 18.0. The van der Waals surface area contributed by atoms with Crippen molar-refractivity contribution in [3.8, 4) is 23.1 Å². The van der Waals surface area contributed by atoms with E-state index in [4.69, 9.17) is 9.47 Å². The van der Waals surface area contributed by atoms with Crippen molar-refractivity contribution in [2.75, 3.05) is 19.1 Å². The van der Waals surface area contributed by atoms with Crippen LogP contribution in [0.4, 0.5) is 11.4 Å². The smallest absolute Gasteiger partial charge is 0.240 e. The van der Waals surface area contributed by atoms with E-state index >= 15 is 0 Å². The summed E-state index contributed by atoms with van der Waals surface area (Å²) in [7, 11) is 2.88. The SMILES string of the molecule is COc1ccc2nc(O)c(N(C=O)c3ccncc3)c(O)c2c1OC. The molecule has 0 saturated carbocycles. The molecule has 3 aromatic rings. The number of methoxy groups -OCH3 is 2. The molecule has 0 fully saturated rings. The van der Waals surface area contributed by atoms with Crippen LogP contribution in [0.5, 0.6) is 23.1 Å². The fourth-order valence-electron chi connectivity index (χ4n) is 2.60. The predicted molar refractivity (Wildman–Crippen MR) is 90.6 cm³/mol. The molecule has 0 radical (unpaired) electrons. The quantitative estimate of drug-likeness (QED) is 0.686. The normalized spacial score (nSPS) is 10.5. The van der Waals surface area contributed by atoms with Gasteiger partial charge in [-0.15, -0.1) is 0 Å². The molecule has 0 aliphatic heterocycles. The number of pyridine rings is 2. The van der Waals surface area contributed by atoms with Crippen molar-refractivity contribution in [1.29, 1.82) is 0 Å². The molecule has 2 heterocycles. The Morgan fingerprint density at radius 2 is 1.80 bits per heavy atom. The number of hydrogen-bond donors (Lipinski definition) is 2. The summed E-state index contributed by atoms with van der Waals surface area (Å²) in [6.45, 7) is 0. The zero-order valence-electron chi connectivity index (χ0n) is 13.5. The summed E-state index contributed by atoms with van der Waals surface area (Å²) >= 11 is 0. The minimum atomic E-state index is -0.499. The van der Waals surface area contributed by atoms with E-state index in [9.17, 15) is 15.0 Å². The molecule has 0 atom stereocenters. The lowest BCUT2D eigenvalue weighted by Crippen LogP contribution is -2.15. The van der Waals surface area contributed by atoms with Crippen LogP contribution in [0.1, 0.15) is 0 Å². The predicted octanol–water partition coefficient (Wildman–Crippen LogP) is 2.35. The highest BCUT2D eigenvalue weighted by Gasteiger charge is 2.25. The molecule has 0 bridgehead atoms. The van der Waals surface area contributed by atoms with Gasteiger partial charge in [0.2, 0.25) is 12.3 Å². The van der Waals surface area contributed by atoms with E-state index in [1.165, 1.54) is 26.6 Å². The average Bonchev–Trinajstić information content (AvgIpc) is 2.64. The summed E-state index contributed by atoms with van der Waals surface area (Å²) in [6.07, 6.45) is 3.43. The van der Waals surface area contributed by atoms with Gasteiger partial charge in [0.05, 0.1) is 30.8 Å². The van der Waals surface area contributed by atoms with Crippen molar-refractivity contribution in [1.82, 2.24) is 9.97 Å². The van der Waals surface area contributed by atoms with Crippen molar-refractivity contribution in [3.05, 3.63) is 36.7 Å². The number of anilines is 2. The fraction of sp³-hybridized carbons (Fsp3) is 0.118. The molecule has 8 nitrogen and oxygen atoms in total. The van der Waals surface area contributed by atoms with Gasteiger partial charge >= 0.3 is 0 Å². The van der Waals surface area contributed by atoms with E-state index < -0.39 is 5.88 Å². The van der Waals surface area contributed by atoms with Crippen LogP contribution in [0.2, 0.25) is 0 Å². The minimum Gasteiger partial charge on any atom is -0.505 e. The Bertz CT molecular complexity index is 931. The van der Waals surface area contributed by atoms with Gasteiger partial charge < -0.3 is 19.7 Å². The highest BCUT2D eigenvalue weighted by atomic mass is 16.5. The number of carbonyl (C=O) groups excluding carboxylic acids is 1. The number of carbonyl (C=O) groups is 1. The molecule has 1 aromatic carbocycles. The van der Waals surface area contributed by atoms with Crippen LogP contribution in [-0.4, -0.2) is 40.8 Å². The Morgan fingerprint density at radius 3 is 2.40 bits per heavy atom. The summed E-state index contributed by atoms with van der Waals surface area (Å²) in [5.41, 5.74) is 0.524. The molecule has 3 rings (SSSR count). The van der Waals surface area contributed by atoms with E-state index in [1.54, 1.807) is 24.3 Å². The van der Waals surface area contributed by atoms with Crippen LogP contribution in [0.15, 0.2) is 36.7 Å². The first-order chi connectivity index (χ1) is 12.1. The Hall–Kier alpha value is -3.55. The lowest BCUT2D eigenvalue weighted by molar-refractivity contribution is -0.106. The van der Waals surface area contributed by atoms with Crippen LogP contribution < -0.4 is 14.4 Å². The second-order valence-corrected chi connectivity index (χ2v) is 5.01. The average molecular weight is 341 g/mol. The molecule has 0 aliphatic rings. The van der Waals surface area contributed by atoms with E-state index in [0.29, 0.717) is 17.8 Å². The number of fused-ring (bicyclic) bond motifs is 1. The molecule has 2 aromatic heterocycles. The maximum atomic E-state index is 11.6. The number of hydrogen-bond acceptors (Lipinski definition) is 7. The number of benzene rings is 1. The first kappa shape index (κ1) is 16.3. The maximum Gasteiger partial charge on any atom is 0.240 e. The van der Waals surface area contributed by atoms with Crippen molar-refractivity contribution in [3.63, 3.8) is 0 Å². The van der Waals surface area contributed by atoms with Gasteiger partial charge in [-0.2, -0.15) is 0 Å². The summed E-state index contributed by atoms with van der Waals surface area (Å²) in [5.74, 6) is -0.236. The van der Waals surface area contributed by atoms with Gasteiger partial charge in [0, 0.05) is 12.4 Å². The lowest BCUT2D eigenvalue weighted by Gasteiger charge is -2.21. The van der Waals surface area contributed by atoms with Crippen molar-refractivity contribution < 1.29 is 24.5 Å². The van der Waals surface area contributed by atoms with Crippen LogP contribution in [-0.2, 0) is 4.79 Å². The monoisotopic (exact) mass is 341 g/mol. The number of amides is 1. The van der Waals surface area contributed by atoms with Crippen LogP contribution in [0, 0.1) is 0 Å². The van der Waals surface area contributed by atoms with Gasteiger partial charge in [0.15, 0.2) is 22.9 Å². The Balaban J connectivity index is 2.33. The van der Waals surface area contributed by atoms with Gasteiger partial charge in [-0.05, 0) is 24.3 Å². The third-order valence-corrected chi connectivity index (χ3v) is 3.71. The summed E-state index contributed by atoms with van der Waals surface area (Å²) in [5, 5.41) is 21.3. The largest absolute Gasteiger partial charge is 0.505 e. The molecular weight excluding hydrogens is 326 g/mol. The first-order valence-corrected chi connectivity index (χ1v) is 7.23. The van der Waals surface area contributed by atoms with Crippen LogP contribution in [0.3, 0.4) is 0 Å². The topological polar surface area (TPSA) is 105 Å². The van der Waals surface area contributed by atoms with Gasteiger partial charge in [-0.1, -0.05) is 0 Å². The number of rotatable bonds is 5. The highest BCUT2D eigenvalue weighted by molar-refractivity contribution is 6.02. The van der Waals surface area contributed by atoms with Crippen molar-refractivity contribution in [2.24, 2.45) is 0 Å². The van der Waals surface area contributed by atoms with E-state index in [-0.39, 0.29) is 28.1 Å². The van der Waals surface area contributed by atoms with Gasteiger partial charge in [0.1, 0.15) is 0 Å². The number of nitrogens with zero attached hydrogens (tertiary/aromatic N) is 3. The standard InChI is InChI=1S/C17H15N3O5/c1-24-12-4-3-11-13(16(12)25-2)15(22)14(17(23)19-11)20(9-21)10-5-7-18-8-6-10/h3-9H,1-2H3,(H2,19,22,23). The van der Waals surface area contributed by atoms with Crippen LogP contribution >= 0.6 is 0 Å². The van der Waals surface area contributed by atoms with E-state index in [0.717, 1.165) is 4.90 Å². The Kier molecular flexibility index (Phi) is 4.25. The Morgan fingerprint density at radius 1 is 1.08 bits per heavy atom. The van der Waals surface area contributed by atoms with Crippen molar-refractivity contribution in [2.45, 2.75) is 0 Å². The minimum absolute atomic E-state index is 0.166.